The average molecular weight is 1060 g/mol. The lowest BCUT2D eigenvalue weighted by Crippen LogP contribution is -2.20. The van der Waals surface area contributed by atoms with Gasteiger partial charge in [0.1, 0.15) is 26.5 Å². The first-order valence-corrected chi connectivity index (χ1v) is 25.4. The number of benzene rings is 3. The Hall–Kier alpha value is -5.04. The highest BCUT2D eigenvalue weighted by Gasteiger charge is 2.35. The fourth-order valence-electron chi connectivity index (χ4n) is 9.32. The van der Waals surface area contributed by atoms with Crippen molar-refractivity contribution in [1.82, 2.24) is 0 Å². The van der Waals surface area contributed by atoms with Gasteiger partial charge in [-0.2, -0.15) is 8.42 Å². The molecule has 412 valence electrons. The first-order chi connectivity index (χ1) is 35.0. The molecule has 21 nitrogen and oxygen atoms in total. The second kappa shape index (κ2) is 29.7. The normalized spacial score (nSPS) is 20.2. The number of carbonyl (C=O) groups is 1. The Kier molecular flexibility index (Phi) is 24.7. The number of hydrogen-bond acceptors (Lipinski definition) is 21. The topological polar surface area (TPSA) is 228 Å². The summed E-state index contributed by atoms with van der Waals surface area (Å²) in [5, 5.41) is 10.1. The van der Waals surface area contributed by atoms with Gasteiger partial charge in [0, 0.05) is 64.2 Å². The number of esters is 1. The second-order valence-corrected chi connectivity index (χ2v) is 18.6. The van der Waals surface area contributed by atoms with Gasteiger partial charge >= 0.3 is 5.97 Å². The van der Waals surface area contributed by atoms with Gasteiger partial charge in [-0.25, -0.2) is 0 Å². The van der Waals surface area contributed by atoms with E-state index in [1.807, 2.05) is 18.2 Å². The van der Waals surface area contributed by atoms with Gasteiger partial charge < -0.3 is 80.9 Å². The average Bonchev–Trinajstić information content (AvgIpc) is 3.74. The number of hydrogen-bond donors (Lipinski definition) is 1. The van der Waals surface area contributed by atoms with Crippen molar-refractivity contribution in [3.63, 3.8) is 0 Å². The first kappa shape index (κ1) is 60.5. The van der Waals surface area contributed by atoms with Crippen LogP contribution in [0.5, 0.6) is 51.7 Å². The lowest BCUT2D eigenvalue weighted by Gasteiger charge is -2.23. The first-order valence-electron chi connectivity index (χ1n) is 23.6. The molecule has 1 N–H and O–H groups in total. The minimum atomic E-state index is -3.58. The summed E-state index contributed by atoms with van der Waals surface area (Å²) in [6.45, 7) is 1.77. The summed E-state index contributed by atoms with van der Waals surface area (Å²) in [5.74, 6) is 4.75. The Morgan fingerprint density at radius 3 is 1.14 bits per heavy atom. The van der Waals surface area contributed by atoms with Gasteiger partial charge in [0.05, 0.1) is 101 Å². The Balaban J connectivity index is 0.000000238. The number of fused-ring (bicyclic) bond motifs is 3. The van der Waals surface area contributed by atoms with Crippen molar-refractivity contribution in [1.29, 1.82) is 0 Å². The minimum absolute atomic E-state index is 0.0619. The molecule has 3 aliphatic rings. The van der Waals surface area contributed by atoms with Gasteiger partial charge in [-0.05, 0) is 73.4 Å². The van der Waals surface area contributed by atoms with E-state index in [9.17, 15) is 18.3 Å². The zero-order valence-electron chi connectivity index (χ0n) is 44.7. The molecule has 6 atom stereocenters. The minimum Gasteiger partial charge on any atom is -0.493 e. The highest BCUT2D eigenvalue weighted by atomic mass is 32.2. The summed E-state index contributed by atoms with van der Waals surface area (Å²) in [5.41, 5.74) is 5.56. The van der Waals surface area contributed by atoms with Crippen molar-refractivity contribution in [3.8, 4) is 51.7 Å². The molecule has 6 rings (SSSR count). The van der Waals surface area contributed by atoms with Crippen molar-refractivity contribution >= 4 is 16.1 Å². The standard InChI is InChI=1S/C18H26O7.C17H26O8S.C16H24O6/c1-11(19)25-12-6-7-13-14(15(8-12)24-10-20-2)9-16(21-3)18(23-5)17(13)22-4;1-20-10-24-14-8-11(25-26(5,18)19)6-7-12-13(14)9-15(21-2)17(23-4)16(12)22-3;1-18-9-22-13-7-10(17)5-6-11-12(13)8-14(19-2)16(21-4)15(11)20-3/h9,12,15H,6-8,10H2,1-5H3;9,11,14H,6-8,10H2,1-5H3;8,10,13,17H,5-7,9H2,1-4H3/t12-,15?;11-,14?;10-,13?/m100/s1. The number of rotatable bonds is 21. The van der Waals surface area contributed by atoms with Crippen LogP contribution in [0.1, 0.15) is 97.1 Å². The predicted molar refractivity (Wildman–Crippen MR) is 265 cm³/mol. The molecule has 0 radical (unpaired) electrons. The fraction of sp³-hybridized carbons (Fsp3) is 0.627. The van der Waals surface area contributed by atoms with E-state index in [0.29, 0.717) is 110 Å². The largest absolute Gasteiger partial charge is 0.493 e. The molecule has 3 aliphatic carbocycles. The van der Waals surface area contributed by atoms with Crippen LogP contribution in [0, 0.1) is 0 Å². The van der Waals surface area contributed by atoms with Gasteiger partial charge in [0.15, 0.2) is 34.5 Å². The van der Waals surface area contributed by atoms with Crippen LogP contribution in [0.2, 0.25) is 0 Å². The molecule has 0 amide bonds. The number of aliphatic hydroxyl groups excluding tert-OH is 1. The second-order valence-electron chi connectivity index (χ2n) is 17.0. The molecule has 22 heteroatoms. The van der Waals surface area contributed by atoms with Crippen molar-refractivity contribution in [2.24, 2.45) is 0 Å². The number of aliphatic hydroxyl groups is 1. The van der Waals surface area contributed by atoms with Crippen LogP contribution in [0.4, 0.5) is 0 Å². The van der Waals surface area contributed by atoms with Crippen molar-refractivity contribution in [2.75, 3.05) is 112 Å². The third kappa shape index (κ3) is 16.0. The monoisotopic (exact) mass is 1060 g/mol. The Bertz CT molecular complexity index is 2320. The van der Waals surface area contributed by atoms with Crippen LogP contribution in [0.3, 0.4) is 0 Å². The van der Waals surface area contributed by atoms with E-state index in [4.69, 9.17) is 80.0 Å². The van der Waals surface area contributed by atoms with Crippen molar-refractivity contribution in [3.05, 3.63) is 51.6 Å². The summed E-state index contributed by atoms with van der Waals surface area (Å²) in [7, 11) is 15.2. The molecule has 0 saturated heterocycles. The molecule has 73 heavy (non-hydrogen) atoms. The fourth-order valence-corrected chi connectivity index (χ4v) is 9.99. The molecule has 3 aromatic rings. The van der Waals surface area contributed by atoms with Crippen LogP contribution in [0.25, 0.3) is 0 Å². The Morgan fingerprint density at radius 1 is 0.493 bits per heavy atom. The van der Waals surface area contributed by atoms with Crippen LogP contribution in [-0.4, -0.2) is 150 Å². The summed E-state index contributed by atoms with van der Waals surface area (Å²) in [6, 6.07) is 5.63. The van der Waals surface area contributed by atoms with E-state index in [-0.39, 0.29) is 44.7 Å². The van der Waals surface area contributed by atoms with E-state index in [1.165, 1.54) is 21.1 Å². The number of ether oxygens (including phenoxy) is 16. The van der Waals surface area contributed by atoms with Gasteiger partial charge in [-0.3, -0.25) is 8.98 Å². The third-order valence-electron chi connectivity index (χ3n) is 12.3. The van der Waals surface area contributed by atoms with Gasteiger partial charge in [0.2, 0.25) is 17.2 Å². The SMILES string of the molecule is COCOC1C[C@@H](O)CCc2c1cc(OC)c(OC)c2OC.COCOC1C[C@@H](OS(C)(=O)=O)CCc2c1cc(OC)c(OC)c2OC.COCOC1C[C@H](OC(C)=O)CCc2c1cc(OC)c(OC)c2OC. The van der Waals surface area contributed by atoms with Crippen LogP contribution in [0.15, 0.2) is 18.2 Å². The number of carbonyl (C=O) groups excluding carboxylic acids is 1. The molecule has 0 aliphatic heterocycles. The highest BCUT2D eigenvalue weighted by molar-refractivity contribution is 7.86. The van der Waals surface area contributed by atoms with Crippen molar-refractivity contribution in [2.45, 2.75) is 101 Å². The van der Waals surface area contributed by atoms with Crippen LogP contribution < -0.4 is 42.6 Å². The third-order valence-corrected chi connectivity index (χ3v) is 13.0. The maximum atomic E-state index is 11.6. The Morgan fingerprint density at radius 2 is 0.822 bits per heavy atom. The van der Waals surface area contributed by atoms with Gasteiger partial charge in [-0.15, -0.1) is 0 Å². The van der Waals surface area contributed by atoms with E-state index in [1.54, 1.807) is 71.1 Å². The molecule has 0 spiro atoms. The zero-order valence-corrected chi connectivity index (χ0v) is 45.5. The Labute approximate surface area is 429 Å². The molecule has 0 aromatic heterocycles. The van der Waals surface area contributed by atoms with Gasteiger partial charge in [0.25, 0.3) is 10.1 Å². The lowest BCUT2D eigenvalue weighted by atomic mass is 9.98. The van der Waals surface area contributed by atoms with E-state index in [0.717, 1.165) is 39.6 Å². The predicted octanol–water partition coefficient (Wildman–Crippen LogP) is 6.77. The lowest BCUT2D eigenvalue weighted by molar-refractivity contribution is -0.150. The molecule has 0 heterocycles. The van der Waals surface area contributed by atoms with Crippen LogP contribution >= 0.6 is 0 Å². The quantitative estimate of drug-likeness (QED) is 0.0502. The van der Waals surface area contributed by atoms with E-state index < -0.39 is 28.4 Å². The van der Waals surface area contributed by atoms with E-state index in [2.05, 4.69) is 0 Å². The molecular formula is C51H76O21S. The molecule has 3 aromatic carbocycles. The summed E-state index contributed by atoms with van der Waals surface area (Å²) >= 11 is 0. The van der Waals surface area contributed by atoms with E-state index >= 15 is 0 Å². The number of methoxy groups -OCH3 is 12. The summed E-state index contributed by atoms with van der Waals surface area (Å²) in [6.07, 6.45) is 3.96. The summed E-state index contributed by atoms with van der Waals surface area (Å²) in [4.78, 5) is 11.4. The molecule has 0 saturated carbocycles. The summed E-state index contributed by atoms with van der Waals surface area (Å²) < 4.78 is 116. The van der Waals surface area contributed by atoms with Crippen LogP contribution in [-0.2, 0) is 71.5 Å². The maximum Gasteiger partial charge on any atom is 0.302 e. The molecule has 0 bridgehead atoms. The maximum absolute atomic E-state index is 11.6. The van der Waals surface area contributed by atoms with Crippen molar-refractivity contribution < 1.29 is 98.3 Å². The molecular weight excluding hydrogens is 981 g/mol. The van der Waals surface area contributed by atoms with Gasteiger partial charge in [-0.1, -0.05) is 0 Å². The smallest absolute Gasteiger partial charge is 0.302 e. The zero-order chi connectivity index (χ0) is 53.8. The molecule has 0 fully saturated rings. The molecule has 3 unspecified atom stereocenters. The highest BCUT2D eigenvalue weighted by Crippen LogP contribution is 2.50.